The number of carbonyl (C=O) groups excluding carboxylic acids is 1. The van der Waals surface area contributed by atoms with Gasteiger partial charge in [0.05, 0.1) is 10.2 Å². The van der Waals surface area contributed by atoms with Crippen molar-refractivity contribution in [3.05, 3.63) is 58.7 Å². The molecule has 1 aromatic heterocycles. The Morgan fingerprint density at radius 2 is 1.85 bits per heavy atom. The second kappa shape index (κ2) is 7.31. The van der Waals surface area contributed by atoms with E-state index in [2.05, 4.69) is 26.0 Å². The molecule has 1 aliphatic heterocycles. The minimum Gasteiger partial charge on any atom is -0.467 e. The molecule has 3 aromatic rings. The Morgan fingerprint density at radius 1 is 1.11 bits per heavy atom. The zero-order valence-corrected chi connectivity index (χ0v) is 16.8. The standard InChI is InChI=1S/C22H24N2O2S/c1-14-5-4-6-17(13-14)21(25)24-11-9-18(10-12-24)26-22-23-19-15(2)7-8-16(3)20(19)27-22/h4-8,13,18H,9-12H2,1-3H3. The number of nitrogens with zero attached hydrogens (tertiary/aromatic N) is 2. The van der Waals surface area contributed by atoms with Crippen LogP contribution in [-0.2, 0) is 0 Å². The van der Waals surface area contributed by atoms with E-state index in [1.807, 2.05) is 36.1 Å². The molecule has 2 aromatic carbocycles. The SMILES string of the molecule is Cc1cccc(C(=O)N2CCC(Oc3nc4c(C)ccc(C)c4s3)CC2)c1. The fourth-order valence-corrected chi connectivity index (χ4v) is 4.60. The number of ether oxygens (including phenoxy) is 1. The van der Waals surface area contributed by atoms with Gasteiger partial charge in [-0.3, -0.25) is 4.79 Å². The van der Waals surface area contributed by atoms with Gasteiger partial charge in [0.15, 0.2) is 0 Å². The minimum absolute atomic E-state index is 0.114. The smallest absolute Gasteiger partial charge is 0.274 e. The number of benzene rings is 2. The minimum atomic E-state index is 0.114. The summed E-state index contributed by atoms with van der Waals surface area (Å²) in [6.07, 6.45) is 1.80. The molecule has 0 atom stereocenters. The molecule has 5 heteroatoms. The molecule has 1 saturated heterocycles. The normalized spacial score (nSPS) is 15.3. The first-order valence-electron chi connectivity index (χ1n) is 9.40. The predicted octanol–water partition coefficient (Wildman–Crippen LogP) is 4.91. The first-order chi connectivity index (χ1) is 13.0. The van der Waals surface area contributed by atoms with Crippen LogP contribution < -0.4 is 4.74 Å². The topological polar surface area (TPSA) is 42.4 Å². The van der Waals surface area contributed by atoms with Crippen LogP contribution in [0, 0.1) is 20.8 Å². The second-order valence-corrected chi connectivity index (χ2v) is 8.30. The summed E-state index contributed by atoms with van der Waals surface area (Å²) in [5.41, 5.74) is 5.34. The Hall–Kier alpha value is -2.40. The third kappa shape index (κ3) is 3.69. The Balaban J connectivity index is 1.40. The lowest BCUT2D eigenvalue weighted by molar-refractivity contribution is 0.0595. The van der Waals surface area contributed by atoms with Crippen LogP contribution >= 0.6 is 11.3 Å². The highest BCUT2D eigenvalue weighted by Crippen LogP contribution is 2.33. The largest absolute Gasteiger partial charge is 0.467 e. The Bertz CT molecular complexity index is 948. The number of aryl methyl sites for hydroxylation is 3. The lowest BCUT2D eigenvalue weighted by atomic mass is 10.1. The van der Waals surface area contributed by atoms with Crippen molar-refractivity contribution in [1.82, 2.24) is 9.88 Å². The van der Waals surface area contributed by atoms with Crippen molar-refractivity contribution in [2.24, 2.45) is 0 Å². The summed E-state index contributed by atoms with van der Waals surface area (Å²) in [5.74, 6) is 0.114. The molecule has 1 amide bonds. The Kier molecular flexibility index (Phi) is 4.87. The molecular weight excluding hydrogens is 356 g/mol. The zero-order chi connectivity index (χ0) is 19.0. The van der Waals surface area contributed by atoms with Crippen molar-refractivity contribution < 1.29 is 9.53 Å². The molecular formula is C22H24N2O2S. The maximum Gasteiger partial charge on any atom is 0.274 e. The lowest BCUT2D eigenvalue weighted by Crippen LogP contribution is -2.41. The van der Waals surface area contributed by atoms with E-state index in [4.69, 9.17) is 9.72 Å². The predicted molar refractivity (Wildman–Crippen MR) is 110 cm³/mol. The lowest BCUT2D eigenvalue weighted by Gasteiger charge is -2.31. The number of fused-ring (bicyclic) bond motifs is 1. The summed E-state index contributed by atoms with van der Waals surface area (Å²) in [6, 6.07) is 12.0. The van der Waals surface area contributed by atoms with Crippen molar-refractivity contribution in [3.63, 3.8) is 0 Å². The van der Waals surface area contributed by atoms with E-state index in [1.54, 1.807) is 11.3 Å². The van der Waals surface area contributed by atoms with E-state index in [0.717, 1.165) is 47.8 Å². The maximum absolute atomic E-state index is 12.7. The molecule has 0 radical (unpaired) electrons. The van der Waals surface area contributed by atoms with Crippen LogP contribution in [0.5, 0.6) is 5.19 Å². The van der Waals surface area contributed by atoms with Crippen molar-refractivity contribution in [2.45, 2.75) is 39.7 Å². The number of piperidine rings is 1. The van der Waals surface area contributed by atoms with Crippen LogP contribution in [-0.4, -0.2) is 35.0 Å². The van der Waals surface area contributed by atoms with Gasteiger partial charge in [-0.2, -0.15) is 0 Å². The van der Waals surface area contributed by atoms with E-state index in [9.17, 15) is 4.79 Å². The highest BCUT2D eigenvalue weighted by Gasteiger charge is 2.25. The third-order valence-corrected chi connectivity index (χ3v) is 6.27. The summed E-state index contributed by atoms with van der Waals surface area (Å²) >= 11 is 1.62. The molecule has 27 heavy (non-hydrogen) atoms. The van der Waals surface area contributed by atoms with Crippen LogP contribution in [0.15, 0.2) is 36.4 Å². The fourth-order valence-electron chi connectivity index (χ4n) is 3.57. The average Bonchev–Trinajstić information content (AvgIpc) is 3.10. The molecule has 0 unspecified atom stereocenters. The summed E-state index contributed by atoms with van der Waals surface area (Å²) in [6.45, 7) is 7.65. The van der Waals surface area contributed by atoms with Gasteiger partial charge in [0.25, 0.3) is 11.1 Å². The summed E-state index contributed by atoms with van der Waals surface area (Å²) in [4.78, 5) is 19.3. The number of thiazole rings is 1. The van der Waals surface area contributed by atoms with Gasteiger partial charge in [-0.05, 0) is 44.0 Å². The first kappa shape index (κ1) is 18.0. The van der Waals surface area contributed by atoms with E-state index < -0.39 is 0 Å². The number of amides is 1. The third-order valence-electron chi connectivity index (χ3n) is 5.18. The van der Waals surface area contributed by atoms with E-state index in [-0.39, 0.29) is 12.0 Å². The molecule has 4 nitrogen and oxygen atoms in total. The van der Waals surface area contributed by atoms with Gasteiger partial charge in [0, 0.05) is 31.5 Å². The number of carbonyl (C=O) groups is 1. The summed E-state index contributed by atoms with van der Waals surface area (Å²) < 4.78 is 7.38. The first-order valence-corrected chi connectivity index (χ1v) is 10.2. The van der Waals surface area contributed by atoms with E-state index >= 15 is 0 Å². The van der Waals surface area contributed by atoms with Crippen molar-refractivity contribution >= 4 is 27.5 Å². The monoisotopic (exact) mass is 380 g/mol. The molecule has 2 heterocycles. The number of likely N-dealkylation sites (tertiary alicyclic amines) is 1. The number of hydrogen-bond donors (Lipinski definition) is 0. The highest BCUT2D eigenvalue weighted by molar-refractivity contribution is 7.20. The van der Waals surface area contributed by atoms with E-state index in [0.29, 0.717) is 0 Å². The van der Waals surface area contributed by atoms with Crippen molar-refractivity contribution in [1.29, 1.82) is 0 Å². The zero-order valence-electron chi connectivity index (χ0n) is 16.0. The maximum atomic E-state index is 12.7. The average molecular weight is 381 g/mol. The number of hydrogen-bond acceptors (Lipinski definition) is 4. The summed E-state index contributed by atoms with van der Waals surface area (Å²) in [7, 11) is 0. The quantitative estimate of drug-likeness (QED) is 0.649. The molecule has 0 saturated carbocycles. The van der Waals surface area contributed by atoms with Crippen molar-refractivity contribution in [3.8, 4) is 5.19 Å². The molecule has 0 bridgehead atoms. The molecule has 140 valence electrons. The molecule has 0 spiro atoms. The Labute approximate surface area is 163 Å². The molecule has 1 aliphatic rings. The fraction of sp³-hybridized carbons (Fsp3) is 0.364. The van der Waals surface area contributed by atoms with E-state index in [1.165, 1.54) is 15.8 Å². The van der Waals surface area contributed by atoms with Gasteiger partial charge in [0.1, 0.15) is 6.10 Å². The molecule has 0 aliphatic carbocycles. The van der Waals surface area contributed by atoms with Crippen LogP contribution in [0.1, 0.15) is 39.9 Å². The van der Waals surface area contributed by atoms with Crippen LogP contribution in [0.4, 0.5) is 0 Å². The van der Waals surface area contributed by atoms with Gasteiger partial charge in [-0.1, -0.05) is 41.2 Å². The van der Waals surface area contributed by atoms with Gasteiger partial charge in [0.2, 0.25) is 0 Å². The molecule has 4 rings (SSSR count). The van der Waals surface area contributed by atoms with Crippen LogP contribution in [0.2, 0.25) is 0 Å². The molecule has 1 fully saturated rings. The summed E-state index contributed by atoms with van der Waals surface area (Å²) in [5, 5.41) is 0.742. The van der Waals surface area contributed by atoms with Gasteiger partial charge in [-0.15, -0.1) is 0 Å². The second-order valence-electron chi connectivity index (χ2n) is 7.34. The number of rotatable bonds is 3. The Morgan fingerprint density at radius 3 is 2.56 bits per heavy atom. The highest BCUT2D eigenvalue weighted by atomic mass is 32.1. The van der Waals surface area contributed by atoms with Gasteiger partial charge < -0.3 is 9.64 Å². The van der Waals surface area contributed by atoms with Gasteiger partial charge in [-0.25, -0.2) is 4.98 Å². The van der Waals surface area contributed by atoms with Crippen molar-refractivity contribution in [2.75, 3.05) is 13.1 Å². The van der Waals surface area contributed by atoms with Crippen LogP contribution in [0.25, 0.3) is 10.2 Å². The number of aromatic nitrogens is 1. The molecule has 0 N–H and O–H groups in total. The van der Waals surface area contributed by atoms with Gasteiger partial charge >= 0.3 is 0 Å². The van der Waals surface area contributed by atoms with Crippen LogP contribution in [0.3, 0.4) is 0 Å².